The Balaban J connectivity index is 2.13. The zero-order valence-electron chi connectivity index (χ0n) is 11.6. The van der Waals surface area contributed by atoms with E-state index < -0.39 is 0 Å². The zero-order valence-corrected chi connectivity index (χ0v) is 11.6. The van der Waals surface area contributed by atoms with E-state index in [0.717, 1.165) is 5.56 Å². The van der Waals surface area contributed by atoms with Crippen LogP contribution in [0.5, 0.6) is 5.75 Å². The molecule has 0 aliphatic rings. The second-order valence-electron chi connectivity index (χ2n) is 4.35. The number of ether oxygens (including phenoxy) is 1. The van der Waals surface area contributed by atoms with Gasteiger partial charge in [0.2, 0.25) is 5.91 Å². The predicted molar refractivity (Wildman–Crippen MR) is 79.9 cm³/mol. The van der Waals surface area contributed by atoms with E-state index in [9.17, 15) is 4.79 Å². The second kappa shape index (κ2) is 6.73. The molecule has 2 rings (SSSR count). The van der Waals surface area contributed by atoms with Gasteiger partial charge >= 0.3 is 0 Å². The summed E-state index contributed by atoms with van der Waals surface area (Å²) in [7, 11) is 3.37. The molecule has 0 fully saturated rings. The van der Waals surface area contributed by atoms with E-state index in [4.69, 9.17) is 4.74 Å². The van der Waals surface area contributed by atoms with Gasteiger partial charge in [-0.25, -0.2) is 0 Å². The third kappa shape index (κ3) is 3.36. The van der Waals surface area contributed by atoms with Gasteiger partial charge in [-0.1, -0.05) is 36.4 Å². The van der Waals surface area contributed by atoms with Gasteiger partial charge in [-0.05, 0) is 24.7 Å². The Labute approximate surface area is 118 Å². The molecule has 2 aromatic carbocycles. The Hall–Kier alpha value is -2.33. The van der Waals surface area contributed by atoms with Crippen molar-refractivity contribution in [3.8, 4) is 5.75 Å². The van der Waals surface area contributed by atoms with E-state index >= 15 is 0 Å². The molecule has 20 heavy (non-hydrogen) atoms. The first kappa shape index (κ1) is 14.1. The molecule has 104 valence electrons. The van der Waals surface area contributed by atoms with E-state index in [2.05, 4.69) is 10.6 Å². The number of carbonyl (C=O) groups is 1. The lowest BCUT2D eigenvalue weighted by molar-refractivity contribution is -0.118. The van der Waals surface area contributed by atoms with Crippen molar-refractivity contribution in [2.75, 3.05) is 19.5 Å². The average Bonchev–Trinajstić information content (AvgIpc) is 2.49. The lowest BCUT2D eigenvalue weighted by atomic mass is 10.1. The van der Waals surface area contributed by atoms with Gasteiger partial charge in [0.15, 0.2) is 0 Å². The SMILES string of the molecule is CNC(C(=O)Nc1cccc(OC)c1)c1ccccc1. The number of hydrogen-bond acceptors (Lipinski definition) is 3. The van der Waals surface area contributed by atoms with Gasteiger partial charge in [-0.2, -0.15) is 0 Å². The summed E-state index contributed by atoms with van der Waals surface area (Å²) >= 11 is 0. The molecule has 2 aromatic rings. The van der Waals surface area contributed by atoms with Crippen molar-refractivity contribution < 1.29 is 9.53 Å². The summed E-state index contributed by atoms with van der Waals surface area (Å²) < 4.78 is 5.14. The van der Waals surface area contributed by atoms with Crippen molar-refractivity contribution in [1.82, 2.24) is 5.32 Å². The number of rotatable bonds is 5. The molecule has 0 bridgehead atoms. The lowest BCUT2D eigenvalue weighted by Crippen LogP contribution is -2.30. The molecule has 0 spiro atoms. The van der Waals surface area contributed by atoms with E-state index in [1.165, 1.54) is 0 Å². The summed E-state index contributed by atoms with van der Waals surface area (Å²) in [5, 5.41) is 5.91. The van der Waals surface area contributed by atoms with Gasteiger partial charge in [0.05, 0.1) is 7.11 Å². The van der Waals surface area contributed by atoms with E-state index in [-0.39, 0.29) is 11.9 Å². The highest BCUT2D eigenvalue weighted by molar-refractivity contribution is 5.95. The van der Waals surface area contributed by atoms with Crippen molar-refractivity contribution in [3.05, 3.63) is 60.2 Å². The lowest BCUT2D eigenvalue weighted by Gasteiger charge is -2.16. The Morgan fingerprint density at radius 3 is 2.50 bits per heavy atom. The molecule has 1 amide bonds. The minimum Gasteiger partial charge on any atom is -0.497 e. The second-order valence-corrected chi connectivity index (χ2v) is 4.35. The number of nitrogens with one attached hydrogen (secondary N) is 2. The maximum atomic E-state index is 12.3. The summed E-state index contributed by atoms with van der Waals surface area (Å²) in [5.41, 5.74) is 1.64. The number of amides is 1. The molecular weight excluding hydrogens is 252 g/mol. The van der Waals surface area contributed by atoms with Crippen LogP contribution in [0, 0.1) is 0 Å². The standard InChI is InChI=1S/C16H18N2O2/c1-17-15(12-7-4-3-5-8-12)16(19)18-13-9-6-10-14(11-13)20-2/h3-11,15,17H,1-2H3,(H,18,19). The van der Waals surface area contributed by atoms with E-state index in [1.807, 2.05) is 48.5 Å². The summed E-state index contributed by atoms with van der Waals surface area (Å²) in [6, 6.07) is 16.5. The highest BCUT2D eigenvalue weighted by Gasteiger charge is 2.18. The van der Waals surface area contributed by atoms with Crippen LogP contribution < -0.4 is 15.4 Å². The van der Waals surface area contributed by atoms with Crippen molar-refractivity contribution in [2.24, 2.45) is 0 Å². The van der Waals surface area contributed by atoms with Crippen LogP contribution in [0.15, 0.2) is 54.6 Å². The quantitative estimate of drug-likeness (QED) is 0.878. The summed E-state index contributed by atoms with van der Waals surface area (Å²) in [6.07, 6.45) is 0. The molecule has 2 N–H and O–H groups in total. The van der Waals surface area contributed by atoms with Gasteiger partial charge in [0.1, 0.15) is 11.8 Å². The molecule has 1 unspecified atom stereocenters. The van der Waals surface area contributed by atoms with Crippen molar-refractivity contribution in [3.63, 3.8) is 0 Å². The van der Waals surface area contributed by atoms with Crippen LogP contribution in [-0.2, 0) is 4.79 Å². The highest BCUT2D eigenvalue weighted by atomic mass is 16.5. The smallest absolute Gasteiger partial charge is 0.246 e. The minimum atomic E-state index is -0.387. The Morgan fingerprint density at radius 1 is 1.10 bits per heavy atom. The van der Waals surface area contributed by atoms with Gasteiger partial charge in [0.25, 0.3) is 0 Å². The summed E-state index contributed by atoms with van der Waals surface area (Å²) in [6.45, 7) is 0. The highest BCUT2D eigenvalue weighted by Crippen LogP contribution is 2.19. The van der Waals surface area contributed by atoms with Crippen LogP contribution in [0.1, 0.15) is 11.6 Å². The number of carbonyl (C=O) groups excluding carboxylic acids is 1. The zero-order chi connectivity index (χ0) is 14.4. The fourth-order valence-corrected chi connectivity index (χ4v) is 2.01. The predicted octanol–water partition coefficient (Wildman–Crippen LogP) is 2.59. The maximum absolute atomic E-state index is 12.3. The van der Waals surface area contributed by atoms with Gasteiger partial charge in [-0.3, -0.25) is 4.79 Å². The number of hydrogen-bond donors (Lipinski definition) is 2. The van der Waals surface area contributed by atoms with Crippen LogP contribution in [0.2, 0.25) is 0 Å². The Bertz CT molecular complexity index is 570. The molecule has 0 heterocycles. The van der Waals surface area contributed by atoms with Crippen molar-refractivity contribution >= 4 is 11.6 Å². The maximum Gasteiger partial charge on any atom is 0.246 e. The fourth-order valence-electron chi connectivity index (χ4n) is 2.01. The van der Waals surface area contributed by atoms with Gasteiger partial charge in [0, 0.05) is 11.8 Å². The minimum absolute atomic E-state index is 0.105. The fraction of sp³-hybridized carbons (Fsp3) is 0.188. The molecule has 0 saturated carbocycles. The van der Waals surface area contributed by atoms with Crippen molar-refractivity contribution in [1.29, 1.82) is 0 Å². The van der Waals surface area contributed by atoms with Gasteiger partial charge in [-0.15, -0.1) is 0 Å². The number of benzene rings is 2. The topological polar surface area (TPSA) is 50.4 Å². The average molecular weight is 270 g/mol. The molecule has 4 nitrogen and oxygen atoms in total. The molecule has 1 atom stereocenters. The van der Waals surface area contributed by atoms with E-state index in [1.54, 1.807) is 20.2 Å². The first-order valence-electron chi connectivity index (χ1n) is 6.41. The van der Waals surface area contributed by atoms with Crippen LogP contribution >= 0.6 is 0 Å². The van der Waals surface area contributed by atoms with Crippen LogP contribution in [0.25, 0.3) is 0 Å². The Morgan fingerprint density at radius 2 is 1.85 bits per heavy atom. The largest absolute Gasteiger partial charge is 0.497 e. The molecule has 0 radical (unpaired) electrons. The van der Waals surface area contributed by atoms with E-state index in [0.29, 0.717) is 11.4 Å². The summed E-state index contributed by atoms with van der Waals surface area (Å²) in [4.78, 5) is 12.3. The van der Waals surface area contributed by atoms with Crippen LogP contribution in [0.4, 0.5) is 5.69 Å². The van der Waals surface area contributed by atoms with Crippen LogP contribution in [0.3, 0.4) is 0 Å². The molecule has 0 aromatic heterocycles. The first-order chi connectivity index (χ1) is 9.74. The molecule has 0 saturated heterocycles. The number of methoxy groups -OCH3 is 1. The summed E-state index contributed by atoms with van der Waals surface area (Å²) in [5.74, 6) is 0.607. The molecule has 0 aliphatic heterocycles. The van der Waals surface area contributed by atoms with Gasteiger partial charge < -0.3 is 15.4 Å². The Kier molecular flexibility index (Phi) is 4.74. The third-order valence-electron chi connectivity index (χ3n) is 3.02. The first-order valence-corrected chi connectivity index (χ1v) is 6.41. The molecule has 0 aliphatic carbocycles. The van der Waals surface area contributed by atoms with Crippen molar-refractivity contribution in [2.45, 2.75) is 6.04 Å². The monoisotopic (exact) mass is 270 g/mol. The molecular formula is C16H18N2O2. The number of likely N-dealkylation sites (N-methyl/N-ethyl adjacent to an activating group) is 1. The number of anilines is 1. The normalized spacial score (nSPS) is 11.7. The third-order valence-corrected chi connectivity index (χ3v) is 3.02. The molecule has 4 heteroatoms. The van der Waals surface area contributed by atoms with Crippen LogP contribution in [-0.4, -0.2) is 20.1 Å².